The van der Waals surface area contributed by atoms with Gasteiger partial charge in [-0.2, -0.15) is 0 Å². The SMILES string of the molecule is CCCCCN1C(=O)C(=O)/C(=C(/O)c2cc(OC)c(Cl)cc2OC)C1c1ccc(O)c(OCC)c1. The number of carbonyl (C=O) groups excluding carboxylic acids is 2. The number of unbranched alkanes of at least 4 members (excludes halogenated alkanes) is 2. The van der Waals surface area contributed by atoms with Crippen molar-refractivity contribution < 1.29 is 34.0 Å². The quantitative estimate of drug-likeness (QED) is 0.202. The van der Waals surface area contributed by atoms with E-state index in [0.29, 0.717) is 25.1 Å². The molecule has 1 aliphatic heterocycles. The third-order valence-corrected chi connectivity index (χ3v) is 6.17. The number of aliphatic hydroxyl groups is 1. The Morgan fingerprint density at radius 2 is 1.74 bits per heavy atom. The molecular formula is C26H30ClNO7. The van der Waals surface area contributed by atoms with E-state index in [0.717, 1.165) is 12.8 Å². The highest BCUT2D eigenvalue weighted by Crippen LogP contribution is 2.44. The number of ketones is 1. The summed E-state index contributed by atoms with van der Waals surface area (Å²) >= 11 is 6.21. The molecule has 8 nitrogen and oxygen atoms in total. The zero-order valence-electron chi connectivity index (χ0n) is 20.3. The van der Waals surface area contributed by atoms with E-state index in [9.17, 15) is 19.8 Å². The maximum Gasteiger partial charge on any atom is 0.295 e. The highest BCUT2D eigenvalue weighted by atomic mass is 35.5. The minimum Gasteiger partial charge on any atom is -0.507 e. The molecule has 0 radical (unpaired) electrons. The zero-order chi connectivity index (χ0) is 25.7. The first-order valence-electron chi connectivity index (χ1n) is 11.4. The lowest BCUT2D eigenvalue weighted by atomic mass is 9.94. The normalized spacial score (nSPS) is 17.1. The van der Waals surface area contributed by atoms with Gasteiger partial charge in [0.05, 0.1) is 43.0 Å². The smallest absolute Gasteiger partial charge is 0.295 e. The molecule has 35 heavy (non-hydrogen) atoms. The van der Waals surface area contributed by atoms with Crippen LogP contribution in [-0.4, -0.2) is 54.2 Å². The van der Waals surface area contributed by atoms with Gasteiger partial charge in [0.15, 0.2) is 11.5 Å². The predicted molar refractivity (Wildman–Crippen MR) is 132 cm³/mol. The molecule has 0 spiro atoms. The summed E-state index contributed by atoms with van der Waals surface area (Å²) in [5.41, 5.74) is 0.583. The first-order chi connectivity index (χ1) is 16.8. The third kappa shape index (κ3) is 5.17. The summed E-state index contributed by atoms with van der Waals surface area (Å²) in [5.74, 6) is -1.30. The summed E-state index contributed by atoms with van der Waals surface area (Å²) in [5, 5.41) is 21.8. The van der Waals surface area contributed by atoms with Crippen LogP contribution in [0.2, 0.25) is 5.02 Å². The Morgan fingerprint density at radius 1 is 1.03 bits per heavy atom. The lowest BCUT2D eigenvalue weighted by Crippen LogP contribution is -2.30. The fraction of sp³-hybridized carbons (Fsp3) is 0.385. The first-order valence-corrected chi connectivity index (χ1v) is 11.8. The number of hydrogen-bond donors (Lipinski definition) is 2. The summed E-state index contributed by atoms with van der Waals surface area (Å²) in [6.45, 7) is 4.46. The maximum atomic E-state index is 13.3. The van der Waals surface area contributed by atoms with Gasteiger partial charge in [0.25, 0.3) is 11.7 Å². The summed E-state index contributed by atoms with van der Waals surface area (Å²) < 4.78 is 16.2. The number of benzene rings is 2. The molecule has 0 aliphatic carbocycles. The number of amides is 1. The Kier molecular flexibility index (Phi) is 8.51. The van der Waals surface area contributed by atoms with Crippen LogP contribution in [0.25, 0.3) is 5.76 Å². The molecule has 1 heterocycles. The Labute approximate surface area is 209 Å². The number of Topliss-reactive ketones (excluding diaryl/α,β-unsaturated/α-hetero) is 1. The van der Waals surface area contributed by atoms with Crippen LogP contribution in [-0.2, 0) is 9.59 Å². The largest absolute Gasteiger partial charge is 0.507 e. The average Bonchev–Trinajstić information content (AvgIpc) is 3.10. The van der Waals surface area contributed by atoms with Crippen molar-refractivity contribution in [3.63, 3.8) is 0 Å². The number of rotatable bonds is 10. The minimum absolute atomic E-state index is 0.0670. The van der Waals surface area contributed by atoms with Crippen LogP contribution in [0.15, 0.2) is 35.9 Å². The van der Waals surface area contributed by atoms with Crippen molar-refractivity contribution in [2.24, 2.45) is 0 Å². The van der Waals surface area contributed by atoms with Crippen molar-refractivity contribution in [2.75, 3.05) is 27.4 Å². The number of phenols is 1. The summed E-state index contributed by atoms with van der Waals surface area (Å²) in [6.07, 6.45) is 2.50. The molecule has 1 saturated heterocycles. The van der Waals surface area contributed by atoms with Crippen LogP contribution in [0.1, 0.15) is 50.3 Å². The zero-order valence-corrected chi connectivity index (χ0v) is 21.0. The van der Waals surface area contributed by atoms with Gasteiger partial charge >= 0.3 is 0 Å². The van der Waals surface area contributed by atoms with E-state index >= 15 is 0 Å². The second-order valence-corrected chi connectivity index (χ2v) is 8.45. The van der Waals surface area contributed by atoms with E-state index in [4.69, 9.17) is 25.8 Å². The van der Waals surface area contributed by atoms with Gasteiger partial charge in [0.1, 0.15) is 17.3 Å². The lowest BCUT2D eigenvalue weighted by molar-refractivity contribution is -0.139. The number of nitrogens with zero attached hydrogens (tertiary/aromatic N) is 1. The van der Waals surface area contributed by atoms with E-state index in [1.54, 1.807) is 19.1 Å². The van der Waals surface area contributed by atoms with Crippen LogP contribution >= 0.6 is 11.6 Å². The van der Waals surface area contributed by atoms with Crippen molar-refractivity contribution in [2.45, 2.75) is 39.2 Å². The molecule has 0 saturated carbocycles. The number of hydrogen-bond acceptors (Lipinski definition) is 7. The van der Waals surface area contributed by atoms with Gasteiger partial charge in [-0.05, 0) is 37.1 Å². The Hall–Kier alpha value is -3.39. The maximum absolute atomic E-state index is 13.3. The van der Waals surface area contributed by atoms with Crippen molar-refractivity contribution >= 4 is 29.1 Å². The molecule has 3 rings (SSSR count). The van der Waals surface area contributed by atoms with Crippen molar-refractivity contribution in [1.29, 1.82) is 0 Å². The van der Waals surface area contributed by atoms with E-state index in [1.807, 2.05) is 6.92 Å². The number of aromatic hydroxyl groups is 1. The second kappa shape index (κ2) is 11.4. The molecule has 1 atom stereocenters. The Morgan fingerprint density at radius 3 is 2.37 bits per heavy atom. The highest BCUT2D eigenvalue weighted by molar-refractivity contribution is 6.46. The number of ether oxygens (including phenoxy) is 3. The fourth-order valence-corrected chi connectivity index (χ4v) is 4.38. The van der Waals surface area contributed by atoms with Crippen LogP contribution in [0.4, 0.5) is 0 Å². The molecule has 2 N–H and O–H groups in total. The molecule has 2 aromatic rings. The highest BCUT2D eigenvalue weighted by Gasteiger charge is 2.46. The summed E-state index contributed by atoms with van der Waals surface area (Å²) in [7, 11) is 2.83. The third-order valence-electron chi connectivity index (χ3n) is 5.87. The topological polar surface area (TPSA) is 106 Å². The predicted octanol–water partition coefficient (Wildman–Crippen LogP) is 5.07. The molecule has 9 heteroatoms. The molecule has 188 valence electrons. The van der Waals surface area contributed by atoms with E-state index in [-0.39, 0.29) is 39.2 Å². The average molecular weight is 504 g/mol. The van der Waals surface area contributed by atoms with Crippen molar-refractivity contribution in [1.82, 2.24) is 4.90 Å². The summed E-state index contributed by atoms with van der Waals surface area (Å²) in [4.78, 5) is 27.8. The Balaban J connectivity index is 2.25. The number of likely N-dealkylation sites (tertiary alicyclic amines) is 1. The van der Waals surface area contributed by atoms with Crippen LogP contribution in [0, 0.1) is 0 Å². The van der Waals surface area contributed by atoms with Crippen LogP contribution in [0.5, 0.6) is 23.0 Å². The second-order valence-electron chi connectivity index (χ2n) is 8.05. The molecule has 2 aromatic carbocycles. The fourth-order valence-electron chi connectivity index (χ4n) is 4.15. The number of halogens is 1. The number of carbonyl (C=O) groups is 2. The van der Waals surface area contributed by atoms with Gasteiger partial charge in [-0.1, -0.05) is 37.4 Å². The van der Waals surface area contributed by atoms with Crippen molar-refractivity contribution in [3.8, 4) is 23.0 Å². The minimum atomic E-state index is -0.891. The van der Waals surface area contributed by atoms with Crippen LogP contribution in [0.3, 0.4) is 0 Å². The van der Waals surface area contributed by atoms with E-state index in [1.165, 1.54) is 37.3 Å². The van der Waals surface area contributed by atoms with Gasteiger partial charge in [0, 0.05) is 12.6 Å². The van der Waals surface area contributed by atoms with Gasteiger partial charge in [-0.25, -0.2) is 0 Å². The van der Waals surface area contributed by atoms with E-state index < -0.39 is 23.5 Å². The molecule has 1 amide bonds. The number of phenolic OH excluding ortho intramolecular Hbond substituents is 1. The first kappa shape index (κ1) is 26.2. The molecule has 1 aliphatic rings. The van der Waals surface area contributed by atoms with Gasteiger partial charge in [0.2, 0.25) is 0 Å². The molecule has 0 aromatic heterocycles. The molecule has 1 fully saturated rings. The monoisotopic (exact) mass is 503 g/mol. The standard InChI is InChI=1S/C26H30ClNO7/c1-5-7-8-11-28-23(15-9-10-18(29)21(12-15)35-6-2)22(25(31)26(28)32)24(30)16-13-20(34-4)17(27)14-19(16)33-3/h9-10,12-14,23,29-30H,5-8,11H2,1-4H3/b24-22+. The van der Waals surface area contributed by atoms with Gasteiger partial charge < -0.3 is 29.3 Å². The summed E-state index contributed by atoms with van der Waals surface area (Å²) in [6, 6.07) is 6.66. The molecular weight excluding hydrogens is 474 g/mol. The van der Waals surface area contributed by atoms with Gasteiger partial charge in [-0.3, -0.25) is 9.59 Å². The lowest BCUT2D eigenvalue weighted by Gasteiger charge is -2.26. The van der Waals surface area contributed by atoms with E-state index in [2.05, 4.69) is 0 Å². The Bertz CT molecular complexity index is 1140. The van der Waals surface area contributed by atoms with Gasteiger partial charge in [-0.15, -0.1) is 0 Å². The molecule has 1 unspecified atom stereocenters. The number of methoxy groups -OCH3 is 2. The van der Waals surface area contributed by atoms with Crippen LogP contribution < -0.4 is 14.2 Å². The van der Waals surface area contributed by atoms with Crippen molar-refractivity contribution in [3.05, 3.63) is 52.1 Å². The number of aliphatic hydroxyl groups excluding tert-OH is 1. The molecule has 0 bridgehead atoms.